The van der Waals surface area contributed by atoms with Crippen molar-refractivity contribution >= 4 is 5.82 Å². The van der Waals surface area contributed by atoms with E-state index in [-0.39, 0.29) is 0 Å². The summed E-state index contributed by atoms with van der Waals surface area (Å²) in [5.74, 6) is 6.08. The van der Waals surface area contributed by atoms with Crippen LogP contribution in [0.2, 0.25) is 0 Å². The molecule has 1 aliphatic heterocycles. The third kappa shape index (κ3) is 3.15. The maximum atomic E-state index is 5.36. The van der Waals surface area contributed by atoms with Crippen LogP contribution in [0.4, 0.5) is 5.82 Å². The van der Waals surface area contributed by atoms with E-state index in [1.807, 2.05) is 12.1 Å². The number of nitrogens with two attached hydrogens (primary N) is 1. The number of anilines is 1. The number of hydrogen-bond donors (Lipinski definition) is 2. The van der Waals surface area contributed by atoms with E-state index >= 15 is 0 Å². The first-order valence-electron chi connectivity index (χ1n) is 5.99. The molecule has 1 unspecified atom stereocenters. The molecule has 1 aromatic heterocycles. The monoisotopic (exact) mass is 235 g/mol. The van der Waals surface area contributed by atoms with Crippen LogP contribution in [0.5, 0.6) is 0 Å². The van der Waals surface area contributed by atoms with Crippen LogP contribution in [0.25, 0.3) is 0 Å². The van der Waals surface area contributed by atoms with Crippen molar-refractivity contribution in [1.29, 1.82) is 0 Å². The average Bonchev–Trinajstić information content (AvgIpc) is 2.78. The Morgan fingerprint density at radius 3 is 3.06 bits per heavy atom. The molecule has 1 saturated heterocycles. The van der Waals surface area contributed by atoms with Gasteiger partial charge in [-0.05, 0) is 38.2 Å². The molecule has 0 aromatic carbocycles. The van der Waals surface area contributed by atoms with Gasteiger partial charge in [-0.3, -0.25) is 4.90 Å². The van der Waals surface area contributed by atoms with E-state index in [0.29, 0.717) is 6.04 Å². The molecule has 2 rings (SSSR count). The Morgan fingerprint density at radius 1 is 1.59 bits per heavy atom. The second-order valence-corrected chi connectivity index (χ2v) is 4.83. The number of likely N-dealkylation sites (tertiary alicyclic amines) is 1. The Balaban J connectivity index is 1.93. The zero-order chi connectivity index (χ0) is 12.3. The number of likely N-dealkylation sites (N-methyl/N-ethyl adjacent to an activating group) is 1. The molecule has 0 radical (unpaired) electrons. The molecule has 1 aliphatic rings. The van der Waals surface area contributed by atoms with Crippen LogP contribution in [0.1, 0.15) is 12.0 Å². The molecule has 3 N–H and O–H groups in total. The second kappa shape index (κ2) is 5.44. The zero-order valence-electron chi connectivity index (χ0n) is 10.6. The number of nitrogens with zero attached hydrogens (tertiary/aromatic N) is 3. The fourth-order valence-corrected chi connectivity index (χ4v) is 2.29. The topological polar surface area (TPSA) is 57.4 Å². The SMILES string of the molecule is CN(C)C1CCN(Cc2ccnc(NN)c2)C1. The normalized spacial score (nSPS) is 21.1. The third-order valence-corrected chi connectivity index (χ3v) is 3.36. The summed E-state index contributed by atoms with van der Waals surface area (Å²) in [4.78, 5) is 8.89. The summed E-state index contributed by atoms with van der Waals surface area (Å²) in [5.41, 5.74) is 3.84. The van der Waals surface area contributed by atoms with Gasteiger partial charge in [0.15, 0.2) is 0 Å². The summed E-state index contributed by atoms with van der Waals surface area (Å²) in [7, 11) is 4.30. The van der Waals surface area contributed by atoms with E-state index in [1.165, 1.54) is 12.0 Å². The van der Waals surface area contributed by atoms with E-state index in [2.05, 4.69) is 34.3 Å². The van der Waals surface area contributed by atoms with E-state index in [1.54, 1.807) is 6.20 Å². The van der Waals surface area contributed by atoms with Gasteiger partial charge in [-0.2, -0.15) is 0 Å². The predicted octanol–water partition coefficient (Wildman–Crippen LogP) is 0.503. The molecule has 0 amide bonds. The van der Waals surface area contributed by atoms with Crippen LogP contribution in [-0.4, -0.2) is 48.0 Å². The molecule has 0 saturated carbocycles. The Morgan fingerprint density at radius 2 is 2.41 bits per heavy atom. The fraction of sp³-hybridized carbons (Fsp3) is 0.583. The first-order chi connectivity index (χ1) is 8.19. The van der Waals surface area contributed by atoms with Crippen LogP contribution < -0.4 is 11.3 Å². The summed E-state index contributed by atoms with van der Waals surface area (Å²) in [6, 6.07) is 4.73. The molecule has 17 heavy (non-hydrogen) atoms. The molecular formula is C12H21N5. The molecule has 0 aliphatic carbocycles. The van der Waals surface area contributed by atoms with Gasteiger partial charge in [-0.25, -0.2) is 10.8 Å². The number of aromatic nitrogens is 1. The minimum Gasteiger partial charge on any atom is -0.308 e. The molecule has 0 spiro atoms. The average molecular weight is 235 g/mol. The lowest BCUT2D eigenvalue weighted by molar-refractivity contribution is 0.264. The zero-order valence-corrected chi connectivity index (χ0v) is 10.6. The first kappa shape index (κ1) is 12.3. The number of rotatable bonds is 4. The van der Waals surface area contributed by atoms with Crippen molar-refractivity contribution < 1.29 is 0 Å². The minimum absolute atomic E-state index is 0.684. The van der Waals surface area contributed by atoms with Crippen molar-refractivity contribution in [2.75, 3.05) is 32.6 Å². The lowest BCUT2D eigenvalue weighted by atomic mass is 10.2. The molecule has 1 fully saturated rings. The summed E-state index contributed by atoms with van der Waals surface area (Å²) < 4.78 is 0. The number of hydrazine groups is 1. The minimum atomic E-state index is 0.684. The number of nitrogen functional groups attached to an aromatic ring is 1. The molecule has 5 nitrogen and oxygen atoms in total. The third-order valence-electron chi connectivity index (χ3n) is 3.36. The Bertz CT molecular complexity index is 366. The van der Waals surface area contributed by atoms with E-state index in [9.17, 15) is 0 Å². The molecule has 5 heteroatoms. The molecule has 0 bridgehead atoms. The summed E-state index contributed by atoms with van der Waals surface area (Å²) in [6.07, 6.45) is 3.05. The summed E-state index contributed by atoms with van der Waals surface area (Å²) >= 11 is 0. The molecular weight excluding hydrogens is 214 g/mol. The van der Waals surface area contributed by atoms with Crippen molar-refractivity contribution in [3.05, 3.63) is 23.9 Å². The molecule has 1 aromatic rings. The summed E-state index contributed by atoms with van der Waals surface area (Å²) in [5, 5.41) is 0. The maximum Gasteiger partial charge on any atom is 0.140 e. The van der Waals surface area contributed by atoms with E-state index in [4.69, 9.17) is 5.84 Å². The van der Waals surface area contributed by atoms with Crippen LogP contribution in [0, 0.1) is 0 Å². The fourth-order valence-electron chi connectivity index (χ4n) is 2.29. The lowest BCUT2D eigenvalue weighted by Crippen LogP contribution is -2.31. The van der Waals surface area contributed by atoms with Gasteiger partial charge in [0.2, 0.25) is 0 Å². The van der Waals surface area contributed by atoms with Crippen LogP contribution in [-0.2, 0) is 6.54 Å². The van der Waals surface area contributed by atoms with Crippen LogP contribution in [0.3, 0.4) is 0 Å². The standard InChI is InChI=1S/C12H21N5/c1-16(2)11-4-6-17(9-11)8-10-3-5-14-12(7-10)15-13/h3,5,7,11H,4,6,8-9,13H2,1-2H3,(H,14,15). The van der Waals surface area contributed by atoms with Gasteiger partial charge >= 0.3 is 0 Å². The highest BCUT2D eigenvalue weighted by molar-refractivity contribution is 5.35. The van der Waals surface area contributed by atoms with Crippen molar-refractivity contribution in [3.63, 3.8) is 0 Å². The second-order valence-electron chi connectivity index (χ2n) is 4.83. The number of pyridine rings is 1. The van der Waals surface area contributed by atoms with Gasteiger partial charge < -0.3 is 10.3 Å². The Labute approximate surface area is 103 Å². The largest absolute Gasteiger partial charge is 0.308 e. The van der Waals surface area contributed by atoms with Gasteiger partial charge in [-0.15, -0.1) is 0 Å². The predicted molar refractivity (Wildman–Crippen MR) is 69.4 cm³/mol. The lowest BCUT2D eigenvalue weighted by Gasteiger charge is -2.20. The summed E-state index contributed by atoms with van der Waals surface area (Å²) in [6.45, 7) is 3.28. The number of nitrogens with one attached hydrogen (secondary N) is 1. The van der Waals surface area contributed by atoms with E-state index in [0.717, 1.165) is 25.5 Å². The highest BCUT2D eigenvalue weighted by atomic mass is 15.2. The van der Waals surface area contributed by atoms with Crippen LogP contribution >= 0.6 is 0 Å². The smallest absolute Gasteiger partial charge is 0.140 e. The molecule has 94 valence electrons. The molecule has 2 heterocycles. The maximum absolute atomic E-state index is 5.36. The number of hydrogen-bond acceptors (Lipinski definition) is 5. The Hall–Kier alpha value is -1.17. The first-order valence-corrected chi connectivity index (χ1v) is 5.99. The molecule has 1 atom stereocenters. The van der Waals surface area contributed by atoms with Gasteiger partial charge in [0.05, 0.1) is 0 Å². The van der Waals surface area contributed by atoms with Crippen molar-refractivity contribution in [2.45, 2.75) is 19.0 Å². The van der Waals surface area contributed by atoms with Gasteiger partial charge in [0, 0.05) is 31.9 Å². The van der Waals surface area contributed by atoms with Gasteiger partial charge in [0.25, 0.3) is 0 Å². The highest BCUT2D eigenvalue weighted by Gasteiger charge is 2.23. The quantitative estimate of drug-likeness (QED) is 0.588. The van der Waals surface area contributed by atoms with Crippen molar-refractivity contribution in [3.8, 4) is 0 Å². The van der Waals surface area contributed by atoms with Crippen molar-refractivity contribution in [2.24, 2.45) is 5.84 Å². The Kier molecular flexibility index (Phi) is 3.93. The van der Waals surface area contributed by atoms with Gasteiger partial charge in [-0.1, -0.05) is 0 Å². The van der Waals surface area contributed by atoms with Gasteiger partial charge in [0.1, 0.15) is 5.82 Å². The van der Waals surface area contributed by atoms with Crippen molar-refractivity contribution in [1.82, 2.24) is 14.8 Å². The van der Waals surface area contributed by atoms with E-state index < -0.39 is 0 Å². The van der Waals surface area contributed by atoms with Crippen LogP contribution in [0.15, 0.2) is 18.3 Å². The highest BCUT2D eigenvalue weighted by Crippen LogP contribution is 2.17.